The number of hydrogen-bond donors (Lipinski definition) is 5. The van der Waals surface area contributed by atoms with Crippen LogP contribution < -0.4 is 21.3 Å². The van der Waals surface area contributed by atoms with Gasteiger partial charge in [-0.3, -0.25) is 9.59 Å². The summed E-state index contributed by atoms with van der Waals surface area (Å²) in [5.74, 6) is 1.01. The Balaban J connectivity index is 0.000000239. The number of unbranched alkanes of at least 4 members (excludes halogenated alkanes) is 2. The summed E-state index contributed by atoms with van der Waals surface area (Å²) in [6.45, 7) is 14.2. The minimum absolute atomic E-state index is 0. The molecule has 3 aromatic carbocycles. The average Bonchev–Trinajstić information content (AvgIpc) is 3.16. The lowest BCUT2D eigenvalue weighted by Gasteiger charge is -2.20. The number of ether oxygens (including phenoxy) is 2. The van der Waals surface area contributed by atoms with Gasteiger partial charge in [-0.2, -0.15) is 0 Å². The first kappa shape index (κ1) is 62.1. The maximum absolute atomic E-state index is 13.6. The Morgan fingerprint density at radius 1 is 0.646 bits per heavy atom. The Morgan fingerprint density at radius 3 is 1.65 bits per heavy atom. The molecule has 2 fully saturated rings. The van der Waals surface area contributed by atoms with E-state index in [0.29, 0.717) is 116 Å². The van der Waals surface area contributed by atoms with Gasteiger partial charge in [0.1, 0.15) is 11.2 Å². The quantitative estimate of drug-likeness (QED) is 0.0502. The molecule has 438 valence electrons. The Kier molecular flexibility index (Phi) is 20.8. The van der Waals surface area contributed by atoms with Crippen molar-refractivity contribution in [3.8, 4) is 22.5 Å². The van der Waals surface area contributed by atoms with Gasteiger partial charge < -0.3 is 45.5 Å². The number of fused-ring (bicyclic) bond motifs is 2. The van der Waals surface area contributed by atoms with E-state index < -0.39 is 33.4 Å². The molecule has 4 amide bonds. The molecule has 2 aliphatic rings. The van der Waals surface area contributed by atoms with Gasteiger partial charge >= 0.3 is 12.2 Å². The van der Waals surface area contributed by atoms with Crippen LogP contribution in [-0.4, -0.2) is 134 Å². The number of carbonyl (C=O) groups excluding carboxylic acids is 4. The molecule has 2 saturated heterocycles. The molecule has 7 aromatic rings. The fourth-order valence-electron chi connectivity index (χ4n) is 9.46. The number of benzene rings is 3. The first-order chi connectivity index (χ1) is 38.6. The molecule has 0 spiro atoms. The summed E-state index contributed by atoms with van der Waals surface area (Å²) in [6.07, 6.45) is 10.8. The van der Waals surface area contributed by atoms with Crippen molar-refractivity contribution in [1.82, 2.24) is 49.3 Å². The zero-order valence-electron chi connectivity index (χ0n) is 46.4. The standard InChI is InChI=1S/C32H37ClN6O5S.C26H33ClN6O3.CH4/c1-32(2,3)44-31(41)34-17-10-9-15-28(40)38-18-16-22(20-38)36-30-35-19-26(33)29(37-30)25-21-39(27-14-8-7-13-24(25)27)45(42,43)23-11-5-4-6-12-23;1-26(2,3)36-25(35)28-12-7-6-10-22(34)33-13-11-17(16-33)31-24-30-15-20(27)23(32-24)19-14-29-21-9-5-4-8-18(19)21;/h4-8,11-14,19,21-22H,9-10,15-18,20H2,1-3H3,(H,34,41)(H,35,36,37);4-5,8-9,14-15,17,29H,6-7,10-13,16H2,1-3H3,(H,28,35)(H,30,31,32);1H4/t22-;17-;/m11./s1. The molecule has 20 nitrogen and oxygen atoms in total. The van der Waals surface area contributed by atoms with Crippen molar-refractivity contribution in [1.29, 1.82) is 0 Å². The molecule has 2 aliphatic heterocycles. The summed E-state index contributed by atoms with van der Waals surface area (Å²) < 4.78 is 38.8. The third-order valence-electron chi connectivity index (χ3n) is 13.3. The van der Waals surface area contributed by atoms with Crippen molar-refractivity contribution < 1.29 is 37.1 Å². The lowest BCUT2D eigenvalue weighted by Crippen LogP contribution is -2.33. The lowest BCUT2D eigenvalue weighted by atomic mass is 10.1. The van der Waals surface area contributed by atoms with Gasteiger partial charge in [0.2, 0.25) is 23.7 Å². The molecule has 2 atom stereocenters. The molecular formula is C59H74Cl2N12O8S. The molecule has 6 heterocycles. The number of amides is 4. The number of hydrogen-bond acceptors (Lipinski definition) is 14. The normalized spacial score (nSPS) is 15.3. The molecule has 9 rings (SSSR count). The van der Waals surface area contributed by atoms with E-state index in [1.54, 1.807) is 54.9 Å². The second kappa shape index (κ2) is 27.5. The van der Waals surface area contributed by atoms with Gasteiger partial charge in [-0.05, 0) is 104 Å². The van der Waals surface area contributed by atoms with Crippen molar-refractivity contribution in [2.24, 2.45) is 0 Å². The number of nitrogens with one attached hydrogen (secondary N) is 5. The van der Waals surface area contributed by atoms with E-state index >= 15 is 0 Å². The molecule has 0 aliphatic carbocycles. The summed E-state index contributed by atoms with van der Waals surface area (Å²) in [7, 11) is -3.88. The van der Waals surface area contributed by atoms with Crippen LogP contribution in [0.5, 0.6) is 0 Å². The van der Waals surface area contributed by atoms with E-state index in [-0.39, 0.29) is 41.2 Å². The maximum Gasteiger partial charge on any atom is 0.407 e. The predicted molar refractivity (Wildman–Crippen MR) is 321 cm³/mol. The van der Waals surface area contributed by atoms with Gasteiger partial charge in [0.05, 0.1) is 44.2 Å². The Labute approximate surface area is 489 Å². The van der Waals surface area contributed by atoms with E-state index in [0.717, 1.165) is 35.7 Å². The minimum atomic E-state index is -3.88. The van der Waals surface area contributed by atoms with Crippen molar-refractivity contribution >= 4 is 90.9 Å². The van der Waals surface area contributed by atoms with Crippen LogP contribution in [0.15, 0.2) is 109 Å². The van der Waals surface area contributed by atoms with Crippen LogP contribution >= 0.6 is 23.2 Å². The molecule has 23 heteroatoms. The summed E-state index contributed by atoms with van der Waals surface area (Å²) >= 11 is 13.0. The fourth-order valence-corrected chi connectivity index (χ4v) is 11.2. The highest BCUT2D eigenvalue weighted by Gasteiger charge is 2.30. The van der Waals surface area contributed by atoms with E-state index in [1.165, 1.54) is 10.2 Å². The topological polar surface area (TPSA) is 248 Å². The highest BCUT2D eigenvalue weighted by molar-refractivity contribution is 7.90. The summed E-state index contributed by atoms with van der Waals surface area (Å²) in [6, 6.07) is 23.5. The average molecular weight is 1180 g/mol. The highest BCUT2D eigenvalue weighted by Crippen LogP contribution is 2.37. The summed E-state index contributed by atoms with van der Waals surface area (Å²) in [5, 5.41) is 14.6. The number of anilines is 2. The van der Waals surface area contributed by atoms with Crippen LogP contribution in [-0.2, 0) is 29.1 Å². The van der Waals surface area contributed by atoms with Gasteiger partial charge in [-0.15, -0.1) is 0 Å². The molecule has 0 unspecified atom stereocenters. The predicted octanol–water partition coefficient (Wildman–Crippen LogP) is 11.3. The van der Waals surface area contributed by atoms with Gasteiger partial charge in [-0.1, -0.05) is 85.2 Å². The van der Waals surface area contributed by atoms with Crippen LogP contribution in [0.2, 0.25) is 10.0 Å². The zero-order valence-corrected chi connectivity index (χ0v) is 48.8. The van der Waals surface area contributed by atoms with E-state index in [2.05, 4.69) is 41.2 Å². The Hall–Kier alpha value is -7.49. The maximum atomic E-state index is 13.6. The van der Waals surface area contributed by atoms with Gasteiger partial charge in [-0.25, -0.2) is 41.9 Å². The number of aromatic nitrogens is 6. The van der Waals surface area contributed by atoms with E-state index in [9.17, 15) is 27.6 Å². The van der Waals surface area contributed by atoms with Gasteiger partial charge in [0.15, 0.2) is 0 Å². The number of rotatable bonds is 18. The monoisotopic (exact) mass is 1180 g/mol. The van der Waals surface area contributed by atoms with Crippen molar-refractivity contribution in [2.45, 2.75) is 129 Å². The molecule has 5 N–H and O–H groups in total. The van der Waals surface area contributed by atoms with Crippen LogP contribution in [0.3, 0.4) is 0 Å². The molecule has 82 heavy (non-hydrogen) atoms. The third kappa shape index (κ3) is 16.6. The van der Waals surface area contributed by atoms with Gasteiger partial charge in [0, 0.05) is 104 Å². The fraction of sp³-hybridized carbons (Fsp3) is 0.424. The molecule has 0 saturated carbocycles. The smallest absolute Gasteiger partial charge is 0.407 e. The second-order valence-corrected chi connectivity index (χ2v) is 24.5. The lowest BCUT2D eigenvalue weighted by molar-refractivity contribution is -0.131. The van der Waals surface area contributed by atoms with Crippen molar-refractivity contribution in [3.05, 3.63) is 114 Å². The van der Waals surface area contributed by atoms with Crippen LogP contribution in [0, 0.1) is 0 Å². The number of para-hydroxylation sites is 2. The van der Waals surface area contributed by atoms with Crippen LogP contribution in [0.1, 0.15) is 100 Å². The van der Waals surface area contributed by atoms with E-state index in [4.69, 9.17) is 37.7 Å². The number of H-pyrrole nitrogens is 1. The second-order valence-electron chi connectivity index (χ2n) is 21.9. The molecule has 0 radical (unpaired) electrons. The Bertz CT molecular complexity index is 3460. The largest absolute Gasteiger partial charge is 0.444 e. The summed E-state index contributed by atoms with van der Waals surface area (Å²) in [4.78, 5) is 74.1. The number of halogens is 2. The highest BCUT2D eigenvalue weighted by atomic mass is 35.5. The molecule has 4 aromatic heterocycles. The number of alkyl carbamates (subject to hydrolysis) is 2. The Morgan fingerprint density at radius 2 is 1.12 bits per heavy atom. The minimum Gasteiger partial charge on any atom is -0.444 e. The van der Waals surface area contributed by atoms with E-state index in [1.807, 2.05) is 93.9 Å². The third-order valence-corrected chi connectivity index (χ3v) is 15.5. The first-order valence-corrected chi connectivity index (χ1v) is 29.4. The van der Waals surface area contributed by atoms with Crippen LogP contribution in [0.4, 0.5) is 21.5 Å². The molecular weight excluding hydrogens is 1110 g/mol. The number of carbonyl (C=O) groups is 4. The van der Waals surface area contributed by atoms with Crippen molar-refractivity contribution in [3.63, 3.8) is 0 Å². The number of nitrogens with zero attached hydrogens (tertiary/aromatic N) is 7. The molecule has 0 bridgehead atoms. The number of aromatic amines is 1. The zero-order chi connectivity index (χ0) is 57.9. The van der Waals surface area contributed by atoms with Crippen LogP contribution in [0.25, 0.3) is 44.3 Å². The number of likely N-dealkylation sites (tertiary alicyclic amines) is 2. The first-order valence-electron chi connectivity index (χ1n) is 27.2. The van der Waals surface area contributed by atoms with Gasteiger partial charge in [0.25, 0.3) is 10.0 Å². The summed E-state index contributed by atoms with van der Waals surface area (Å²) in [5.41, 5.74) is 3.00. The van der Waals surface area contributed by atoms with Crippen molar-refractivity contribution in [2.75, 3.05) is 49.9 Å². The SMILES string of the molecule is C.CC(C)(C)OC(=O)NCCCCC(=O)N1CC[C@@H](Nc2ncc(Cl)c(-c3c[nH]c4ccccc34)n2)C1.CC(C)(C)OC(=O)NCCCCC(=O)N1CC[C@@H](Nc2ncc(Cl)c(-c3cn(S(=O)(=O)c4ccccc4)c4ccccc34)n2)C1.